The van der Waals surface area contributed by atoms with Gasteiger partial charge in [-0.2, -0.15) is 4.31 Å². The topological polar surface area (TPSA) is 113 Å². The largest absolute Gasteiger partial charge is 0.368 e. The Hall–Kier alpha value is -1.78. The maximum atomic E-state index is 12.5. The van der Waals surface area contributed by atoms with Gasteiger partial charge in [0.1, 0.15) is 11.9 Å². The van der Waals surface area contributed by atoms with Crippen LogP contribution in [0.5, 0.6) is 0 Å². The highest BCUT2D eigenvalue weighted by atomic mass is 32.2. The second-order valence-electron chi connectivity index (χ2n) is 7.49. The van der Waals surface area contributed by atoms with Crippen molar-refractivity contribution in [2.45, 2.75) is 44.2 Å². The third kappa shape index (κ3) is 3.65. The predicted octanol–water partition coefficient (Wildman–Crippen LogP) is -0.417. The number of nitrogens with zero attached hydrogens (tertiary/aromatic N) is 3. The fourth-order valence-corrected chi connectivity index (χ4v) is 4.84. The van der Waals surface area contributed by atoms with E-state index in [2.05, 4.69) is 9.97 Å². The second-order valence-corrected chi connectivity index (χ2v) is 9.48. The molecule has 4 rings (SSSR count). The summed E-state index contributed by atoms with van der Waals surface area (Å²) in [5.41, 5.74) is 0.797. The van der Waals surface area contributed by atoms with E-state index in [9.17, 15) is 18.0 Å². The minimum Gasteiger partial charge on any atom is -0.368 e. The van der Waals surface area contributed by atoms with Crippen LogP contribution >= 0.6 is 0 Å². The number of hydrogen-bond acceptors (Lipinski definition) is 6. The normalized spacial score (nSPS) is 26.3. The van der Waals surface area contributed by atoms with Crippen molar-refractivity contribution in [2.75, 3.05) is 32.5 Å². The molecule has 2 saturated heterocycles. The van der Waals surface area contributed by atoms with Crippen LogP contribution in [0.3, 0.4) is 0 Å². The fraction of sp³-hybridized carbons (Fsp3) is 0.706. The molecule has 2 fully saturated rings. The van der Waals surface area contributed by atoms with Crippen LogP contribution < -0.4 is 5.56 Å². The first-order chi connectivity index (χ1) is 12.8. The van der Waals surface area contributed by atoms with Crippen molar-refractivity contribution in [3.63, 3.8) is 0 Å². The maximum Gasteiger partial charge on any atom is 0.255 e. The van der Waals surface area contributed by atoms with Crippen molar-refractivity contribution in [1.82, 2.24) is 19.2 Å². The number of likely N-dealkylation sites (tertiary alicyclic amines) is 1. The van der Waals surface area contributed by atoms with Crippen molar-refractivity contribution in [3.05, 3.63) is 27.4 Å². The van der Waals surface area contributed by atoms with E-state index >= 15 is 0 Å². The van der Waals surface area contributed by atoms with Crippen molar-refractivity contribution >= 4 is 15.9 Å². The zero-order chi connectivity index (χ0) is 19.2. The number of rotatable bonds is 3. The number of carbonyl (C=O) groups is 1. The average Bonchev–Trinajstić information content (AvgIpc) is 3.32. The fourth-order valence-electron chi connectivity index (χ4n) is 4.06. The molecule has 0 aromatic carbocycles. The Labute approximate surface area is 157 Å². The van der Waals surface area contributed by atoms with Gasteiger partial charge in [0, 0.05) is 45.1 Å². The van der Waals surface area contributed by atoms with Gasteiger partial charge in [-0.15, -0.1) is 0 Å². The van der Waals surface area contributed by atoms with Gasteiger partial charge in [0.05, 0.1) is 17.5 Å². The molecule has 9 nitrogen and oxygen atoms in total. The molecule has 148 valence electrons. The molecule has 1 aromatic heterocycles. The predicted molar refractivity (Wildman–Crippen MR) is 96.7 cm³/mol. The summed E-state index contributed by atoms with van der Waals surface area (Å²) < 4.78 is 30.3. The van der Waals surface area contributed by atoms with E-state index in [4.69, 9.17) is 4.74 Å². The van der Waals surface area contributed by atoms with E-state index in [0.29, 0.717) is 49.7 Å². The van der Waals surface area contributed by atoms with Crippen LogP contribution in [-0.4, -0.2) is 72.1 Å². The molecule has 0 aliphatic carbocycles. The lowest BCUT2D eigenvalue weighted by Gasteiger charge is -2.26. The standard InChI is InChI=1S/C17H24N4O5S/c1-27(24,25)21-7-5-13-12(10-21)16(22)19-15(18-13)11-4-6-20(9-11)17(23)14-3-2-8-26-14/h11,14H,2-10H2,1H3,(H,18,19,22)/t11-,14+/m1/s1. The minimum atomic E-state index is -3.34. The Morgan fingerprint density at radius 2 is 2.11 bits per heavy atom. The highest BCUT2D eigenvalue weighted by Crippen LogP contribution is 2.27. The van der Waals surface area contributed by atoms with Crippen LogP contribution in [0.25, 0.3) is 0 Å². The van der Waals surface area contributed by atoms with Crippen molar-refractivity contribution in [3.8, 4) is 0 Å². The van der Waals surface area contributed by atoms with E-state index in [1.807, 2.05) is 0 Å². The number of aromatic nitrogens is 2. The summed E-state index contributed by atoms with van der Waals surface area (Å²) in [5, 5.41) is 0. The molecule has 1 amide bonds. The van der Waals surface area contributed by atoms with Crippen molar-refractivity contribution in [2.24, 2.45) is 0 Å². The zero-order valence-electron chi connectivity index (χ0n) is 15.3. The SMILES string of the molecule is CS(=O)(=O)N1CCc2nc([C@@H]3CCN(C(=O)[C@@H]4CCCO4)C3)[nH]c(=O)c2C1. The lowest BCUT2D eigenvalue weighted by Crippen LogP contribution is -2.39. The number of fused-ring (bicyclic) bond motifs is 1. The number of amides is 1. The number of H-pyrrole nitrogens is 1. The Morgan fingerprint density at radius 1 is 1.30 bits per heavy atom. The van der Waals surface area contributed by atoms with Crippen LogP contribution in [0.2, 0.25) is 0 Å². The molecule has 3 aliphatic rings. The summed E-state index contributed by atoms with van der Waals surface area (Å²) in [4.78, 5) is 34.3. The quantitative estimate of drug-likeness (QED) is 0.743. The molecular weight excluding hydrogens is 372 g/mol. The molecule has 0 radical (unpaired) electrons. The van der Waals surface area contributed by atoms with Gasteiger partial charge in [-0.3, -0.25) is 9.59 Å². The molecule has 0 unspecified atom stereocenters. The molecule has 0 spiro atoms. The molecule has 0 bridgehead atoms. The molecule has 3 aliphatic heterocycles. The van der Waals surface area contributed by atoms with Crippen LogP contribution in [0.4, 0.5) is 0 Å². The van der Waals surface area contributed by atoms with Crippen LogP contribution in [0.1, 0.15) is 42.3 Å². The van der Waals surface area contributed by atoms with Gasteiger partial charge in [0.15, 0.2) is 0 Å². The Morgan fingerprint density at radius 3 is 2.81 bits per heavy atom. The number of sulfonamides is 1. The first-order valence-electron chi connectivity index (χ1n) is 9.30. The van der Waals surface area contributed by atoms with Crippen LogP contribution in [0, 0.1) is 0 Å². The maximum absolute atomic E-state index is 12.5. The highest BCUT2D eigenvalue weighted by molar-refractivity contribution is 7.88. The average molecular weight is 396 g/mol. The third-order valence-electron chi connectivity index (χ3n) is 5.61. The van der Waals surface area contributed by atoms with Gasteiger partial charge in [-0.25, -0.2) is 13.4 Å². The minimum absolute atomic E-state index is 0.0127. The Bertz CT molecular complexity index is 906. The van der Waals surface area contributed by atoms with E-state index in [0.717, 1.165) is 25.5 Å². The number of carbonyl (C=O) groups excluding carboxylic acids is 1. The third-order valence-corrected chi connectivity index (χ3v) is 6.86. The van der Waals surface area contributed by atoms with Crippen molar-refractivity contribution < 1.29 is 17.9 Å². The number of nitrogens with one attached hydrogen (secondary N) is 1. The molecule has 10 heteroatoms. The van der Waals surface area contributed by atoms with Gasteiger partial charge < -0.3 is 14.6 Å². The van der Waals surface area contributed by atoms with Gasteiger partial charge >= 0.3 is 0 Å². The van der Waals surface area contributed by atoms with Crippen LogP contribution in [-0.2, 0) is 32.5 Å². The van der Waals surface area contributed by atoms with Gasteiger partial charge in [0.25, 0.3) is 11.5 Å². The molecule has 2 atom stereocenters. The summed E-state index contributed by atoms with van der Waals surface area (Å²) in [6, 6.07) is 0. The van der Waals surface area contributed by atoms with Gasteiger partial charge in [-0.05, 0) is 19.3 Å². The summed E-state index contributed by atoms with van der Waals surface area (Å²) in [6.07, 6.45) is 3.66. The first-order valence-corrected chi connectivity index (χ1v) is 11.2. The summed E-state index contributed by atoms with van der Waals surface area (Å²) in [7, 11) is -3.34. The highest BCUT2D eigenvalue weighted by Gasteiger charge is 2.35. The zero-order valence-corrected chi connectivity index (χ0v) is 16.1. The van der Waals surface area contributed by atoms with E-state index in [1.54, 1.807) is 4.90 Å². The molecule has 0 saturated carbocycles. The Balaban J connectivity index is 1.50. The second kappa shape index (κ2) is 6.99. The van der Waals surface area contributed by atoms with Crippen LogP contribution in [0.15, 0.2) is 4.79 Å². The first kappa shape index (κ1) is 18.6. The van der Waals surface area contributed by atoms with E-state index < -0.39 is 10.0 Å². The van der Waals surface area contributed by atoms with E-state index in [-0.39, 0.29) is 30.0 Å². The van der Waals surface area contributed by atoms with Gasteiger partial charge in [0.2, 0.25) is 10.0 Å². The molecule has 4 heterocycles. The monoisotopic (exact) mass is 396 g/mol. The molecule has 1 N–H and O–H groups in total. The molecule has 1 aromatic rings. The summed E-state index contributed by atoms with van der Waals surface area (Å²) in [5.74, 6) is 0.606. The number of hydrogen-bond donors (Lipinski definition) is 1. The summed E-state index contributed by atoms with van der Waals surface area (Å²) in [6.45, 7) is 2.18. The molecular formula is C17H24N4O5S. The Kier molecular flexibility index (Phi) is 4.81. The number of ether oxygens (including phenoxy) is 1. The lowest BCUT2D eigenvalue weighted by molar-refractivity contribution is -0.139. The van der Waals surface area contributed by atoms with Crippen molar-refractivity contribution in [1.29, 1.82) is 0 Å². The van der Waals surface area contributed by atoms with E-state index in [1.165, 1.54) is 4.31 Å². The molecule has 27 heavy (non-hydrogen) atoms. The smallest absolute Gasteiger partial charge is 0.255 e. The summed E-state index contributed by atoms with van der Waals surface area (Å²) >= 11 is 0. The number of aromatic amines is 1. The lowest BCUT2D eigenvalue weighted by atomic mass is 10.1. The van der Waals surface area contributed by atoms with Gasteiger partial charge in [-0.1, -0.05) is 0 Å².